The monoisotopic (exact) mass is 274 g/mol. The Morgan fingerprint density at radius 3 is 2.94 bits per heavy atom. The molecule has 0 aliphatic carbocycles. The molecule has 2 N–H and O–H groups in total. The molecule has 0 spiro atoms. The lowest BCUT2D eigenvalue weighted by Crippen LogP contribution is -2.45. The highest BCUT2D eigenvalue weighted by Crippen LogP contribution is 2.10. The zero-order valence-electron chi connectivity index (χ0n) is 11.1. The van der Waals surface area contributed by atoms with Gasteiger partial charge in [-0.25, -0.2) is 0 Å². The van der Waals surface area contributed by atoms with Gasteiger partial charge in [-0.15, -0.1) is 12.4 Å². The first-order valence-electron chi connectivity index (χ1n) is 6.27. The number of nitrogens with zero attached hydrogens (tertiary/aromatic N) is 3. The molecule has 0 radical (unpaired) electrons. The average Bonchev–Trinajstić information content (AvgIpc) is 2.78. The number of halogens is 1. The number of ether oxygens (including phenoxy) is 1. The maximum atomic E-state index is 5.63. The fourth-order valence-corrected chi connectivity index (χ4v) is 2.05. The van der Waals surface area contributed by atoms with Crippen molar-refractivity contribution in [2.24, 2.45) is 5.73 Å². The van der Waals surface area contributed by atoms with Gasteiger partial charge < -0.3 is 10.5 Å². The summed E-state index contributed by atoms with van der Waals surface area (Å²) in [6, 6.07) is 2.51. The first kappa shape index (κ1) is 15.4. The normalized spacial score (nSPS) is 21.0. The van der Waals surface area contributed by atoms with Gasteiger partial charge in [-0.05, 0) is 19.9 Å². The van der Waals surface area contributed by atoms with Crippen LogP contribution in [0, 0.1) is 0 Å². The van der Waals surface area contributed by atoms with Crippen LogP contribution in [0.4, 0.5) is 0 Å². The van der Waals surface area contributed by atoms with Gasteiger partial charge in [-0.2, -0.15) is 5.10 Å². The van der Waals surface area contributed by atoms with Crippen LogP contribution in [0.15, 0.2) is 12.3 Å². The minimum atomic E-state index is 0. The highest BCUT2D eigenvalue weighted by Gasteiger charge is 2.19. The van der Waals surface area contributed by atoms with Crippen molar-refractivity contribution in [3.05, 3.63) is 18.0 Å². The topological polar surface area (TPSA) is 56.3 Å². The third-order valence-electron chi connectivity index (χ3n) is 3.06. The van der Waals surface area contributed by atoms with Crippen LogP contribution in [0.5, 0.6) is 0 Å². The highest BCUT2D eigenvalue weighted by atomic mass is 35.5. The molecule has 1 aliphatic heterocycles. The lowest BCUT2D eigenvalue weighted by atomic mass is 10.2. The molecule has 1 aromatic rings. The second-order valence-corrected chi connectivity index (χ2v) is 4.84. The molecule has 1 aromatic heterocycles. The SMILES string of the molecule is CC(C)n1ccc(CN2CCOC(CN)C2)n1.Cl. The Morgan fingerprint density at radius 1 is 1.56 bits per heavy atom. The van der Waals surface area contributed by atoms with Crippen molar-refractivity contribution in [1.82, 2.24) is 14.7 Å². The van der Waals surface area contributed by atoms with Crippen molar-refractivity contribution < 1.29 is 4.74 Å². The van der Waals surface area contributed by atoms with Crippen molar-refractivity contribution in [3.8, 4) is 0 Å². The van der Waals surface area contributed by atoms with E-state index in [1.54, 1.807) is 0 Å². The maximum absolute atomic E-state index is 5.63. The fraction of sp³-hybridized carbons (Fsp3) is 0.750. The molecule has 6 heteroatoms. The molecule has 1 saturated heterocycles. The molecular weight excluding hydrogens is 252 g/mol. The summed E-state index contributed by atoms with van der Waals surface area (Å²) < 4.78 is 7.54. The number of rotatable bonds is 4. The van der Waals surface area contributed by atoms with Crippen molar-refractivity contribution in [3.63, 3.8) is 0 Å². The molecular formula is C12H23ClN4O. The third kappa shape index (κ3) is 3.95. The number of hydrogen-bond acceptors (Lipinski definition) is 4. The van der Waals surface area contributed by atoms with E-state index in [-0.39, 0.29) is 18.5 Å². The van der Waals surface area contributed by atoms with E-state index in [0.717, 1.165) is 31.9 Å². The number of hydrogen-bond donors (Lipinski definition) is 1. The van der Waals surface area contributed by atoms with Gasteiger partial charge in [0.05, 0.1) is 18.4 Å². The molecule has 0 bridgehead atoms. The Hall–Kier alpha value is -0.620. The summed E-state index contributed by atoms with van der Waals surface area (Å²) in [5, 5.41) is 4.56. The van der Waals surface area contributed by atoms with Crippen molar-refractivity contribution in [1.29, 1.82) is 0 Å². The quantitative estimate of drug-likeness (QED) is 0.892. The van der Waals surface area contributed by atoms with E-state index in [4.69, 9.17) is 10.5 Å². The molecule has 1 unspecified atom stereocenters. The molecule has 18 heavy (non-hydrogen) atoms. The Morgan fingerprint density at radius 2 is 2.33 bits per heavy atom. The Bertz CT molecular complexity index is 356. The first-order chi connectivity index (χ1) is 8.19. The molecule has 0 amide bonds. The standard InChI is InChI=1S/C12H22N4O.ClH/c1-10(2)16-4-3-11(14-16)8-15-5-6-17-12(7-13)9-15;/h3-4,10,12H,5-9,13H2,1-2H3;1H. The number of nitrogens with two attached hydrogens (primary N) is 1. The predicted octanol–water partition coefficient (Wildman–Crippen LogP) is 1.05. The van der Waals surface area contributed by atoms with Gasteiger partial charge in [0.1, 0.15) is 0 Å². The molecule has 1 atom stereocenters. The molecule has 2 rings (SSSR count). The van der Waals surface area contributed by atoms with Crippen LogP contribution in [0.25, 0.3) is 0 Å². The number of aromatic nitrogens is 2. The van der Waals surface area contributed by atoms with Gasteiger partial charge in [-0.3, -0.25) is 9.58 Å². The zero-order valence-corrected chi connectivity index (χ0v) is 11.9. The smallest absolute Gasteiger partial charge is 0.0824 e. The van der Waals surface area contributed by atoms with Crippen LogP contribution in [0.3, 0.4) is 0 Å². The Balaban J connectivity index is 0.00000162. The molecule has 0 aromatic carbocycles. The maximum Gasteiger partial charge on any atom is 0.0824 e. The van der Waals surface area contributed by atoms with E-state index in [1.807, 2.05) is 10.9 Å². The molecule has 5 nitrogen and oxygen atoms in total. The van der Waals surface area contributed by atoms with E-state index >= 15 is 0 Å². The van der Waals surface area contributed by atoms with E-state index in [1.165, 1.54) is 0 Å². The summed E-state index contributed by atoms with van der Waals surface area (Å²) in [6.45, 7) is 8.39. The summed E-state index contributed by atoms with van der Waals surface area (Å²) in [5.41, 5.74) is 6.75. The minimum Gasteiger partial charge on any atom is -0.374 e. The van der Waals surface area contributed by atoms with E-state index in [0.29, 0.717) is 12.6 Å². The van der Waals surface area contributed by atoms with Gasteiger partial charge in [0, 0.05) is 38.4 Å². The zero-order chi connectivity index (χ0) is 12.3. The summed E-state index contributed by atoms with van der Waals surface area (Å²) in [5.74, 6) is 0. The van der Waals surface area contributed by atoms with Crippen LogP contribution in [-0.4, -0.2) is 47.0 Å². The van der Waals surface area contributed by atoms with Crippen LogP contribution >= 0.6 is 12.4 Å². The minimum absolute atomic E-state index is 0. The van der Waals surface area contributed by atoms with Gasteiger partial charge >= 0.3 is 0 Å². The van der Waals surface area contributed by atoms with Gasteiger partial charge in [-0.1, -0.05) is 0 Å². The fourth-order valence-electron chi connectivity index (χ4n) is 2.05. The largest absolute Gasteiger partial charge is 0.374 e. The molecule has 2 heterocycles. The molecule has 104 valence electrons. The van der Waals surface area contributed by atoms with Crippen LogP contribution < -0.4 is 5.73 Å². The van der Waals surface area contributed by atoms with Crippen LogP contribution in [-0.2, 0) is 11.3 Å². The van der Waals surface area contributed by atoms with Gasteiger partial charge in [0.2, 0.25) is 0 Å². The Labute approximate surface area is 115 Å². The predicted molar refractivity (Wildman–Crippen MR) is 73.9 cm³/mol. The summed E-state index contributed by atoms with van der Waals surface area (Å²) in [7, 11) is 0. The molecule has 0 saturated carbocycles. The summed E-state index contributed by atoms with van der Waals surface area (Å²) in [6.07, 6.45) is 2.22. The van der Waals surface area contributed by atoms with Crippen LogP contribution in [0.2, 0.25) is 0 Å². The summed E-state index contributed by atoms with van der Waals surface area (Å²) in [4.78, 5) is 2.36. The number of morpholine rings is 1. The van der Waals surface area contributed by atoms with Gasteiger partial charge in [0.25, 0.3) is 0 Å². The highest BCUT2D eigenvalue weighted by molar-refractivity contribution is 5.85. The van der Waals surface area contributed by atoms with E-state index in [2.05, 4.69) is 29.9 Å². The Kier molecular flexibility index (Phi) is 6.08. The van der Waals surface area contributed by atoms with Crippen molar-refractivity contribution >= 4 is 12.4 Å². The summed E-state index contributed by atoms with van der Waals surface area (Å²) >= 11 is 0. The van der Waals surface area contributed by atoms with E-state index in [9.17, 15) is 0 Å². The second kappa shape index (κ2) is 7.09. The third-order valence-corrected chi connectivity index (χ3v) is 3.06. The second-order valence-electron chi connectivity index (χ2n) is 4.84. The van der Waals surface area contributed by atoms with Gasteiger partial charge in [0.15, 0.2) is 0 Å². The molecule has 1 fully saturated rings. The first-order valence-corrected chi connectivity index (χ1v) is 6.27. The molecule has 1 aliphatic rings. The lowest BCUT2D eigenvalue weighted by Gasteiger charge is -2.31. The van der Waals surface area contributed by atoms with Crippen molar-refractivity contribution in [2.75, 3.05) is 26.2 Å². The van der Waals surface area contributed by atoms with Crippen LogP contribution in [0.1, 0.15) is 25.6 Å². The van der Waals surface area contributed by atoms with E-state index < -0.39 is 0 Å². The average molecular weight is 275 g/mol. The lowest BCUT2D eigenvalue weighted by molar-refractivity contribution is -0.0264. The van der Waals surface area contributed by atoms with Crippen molar-refractivity contribution in [2.45, 2.75) is 32.5 Å².